The van der Waals surface area contributed by atoms with Gasteiger partial charge in [-0.15, -0.1) is 0 Å². The van der Waals surface area contributed by atoms with Gasteiger partial charge in [-0.05, 0) is 31.3 Å². The van der Waals surface area contributed by atoms with Crippen LogP contribution < -0.4 is 4.90 Å². The van der Waals surface area contributed by atoms with E-state index >= 15 is 0 Å². The molecule has 0 radical (unpaired) electrons. The van der Waals surface area contributed by atoms with Gasteiger partial charge in [-0.1, -0.05) is 0 Å². The maximum Gasteiger partial charge on any atom is 0.226 e. The highest BCUT2D eigenvalue weighted by atomic mass is 32.1. The lowest BCUT2D eigenvalue weighted by Crippen LogP contribution is -2.37. The van der Waals surface area contributed by atoms with Crippen molar-refractivity contribution in [1.29, 1.82) is 0 Å². The van der Waals surface area contributed by atoms with Crippen LogP contribution in [0.25, 0.3) is 22.5 Å². The zero-order chi connectivity index (χ0) is 17.2. The highest BCUT2D eigenvalue weighted by Gasteiger charge is 2.17. The number of hydrogen-bond donors (Lipinski definition) is 1. The van der Waals surface area contributed by atoms with E-state index in [0.29, 0.717) is 23.9 Å². The topological polar surface area (TPSA) is 80.1 Å². The molecule has 128 valence electrons. The number of H-pyrrole nitrogens is 1. The molecule has 0 amide bonds. The van der Waals surface area contributed by atoms with Crippen molar-refractivity contribution >= 4 is 18.2 Å². The lowest BCUT2D eigenvalue weighted by molar-refractivity contribution is 0.122. The number of morpholine rings is 1. The second-order valence-corrected chi connectivity index (χ2v) is 6.10. The number of nitrogens with zero attached hydrogens (tertiary/aromatic N) is 4. The summed E-state index contributed by atoms with van der Waals surface area (Å²) in [5.74, 6) is 1.50. The van der Waals surface area contributed by atoms with Gasteiger partial charge in [0.15, 0.2) is 4.77 Å². The first-order chi connectivity index (χ1) is 12.2. The van der Waals surface area contributed by atoms with Crippen LogP contribution >= 0.6 is 12.2 Å². The predicted molar refractivity (Wildman–Crippen MR) is 95.9 cm³/mol. The van der Waals surface area contributed by atoms with E-state index in [1.165, 1.54) is 0 Å². The van der Waals surface area contributed by atoms with Crippen LogP contribution in [0.1, 0.15) is 5.76 Å². The summed E-state index contributed by atoms with van der Waals surface area (Å²) < 4.78 is 11.3. The maximum atomic E-state index is 5.44. The van der Waals surface area contributed by atoms with Gasteiger partial charge in [-0.2, -0.15) is 0 Å². The molecular formula is C17H17N5O2S. The van der Waals surface area contributed by atoms with Crippen molar-refractivity contribution in [1.82, 2.24) is 19.9 Å². The van der Waals surface area contributed by atoms with Crippen molar-refractivity contribution in [2.75, 3.05) is 31.2 Å². The van der Waals surface area contributed by atoms with Gasteiger partial charge in [-0.25, -0.2) is 15.0 Å². The molecule has 25 heavy (non-hydrogen) atoms. The van der Waals surface area contributed by atoms with Gasteiger partial charge in [0, 0.05) is 36.6 Å². The summed E-state index contributed by atoms with van der Waals surface area (Å²) in [6.45, 7) is 4.86. The number of anilines is 1. The lowest BCUT2D eigenvalue weighted by Gasteiger charge is -2.26. The molecule has 8 heteroatoms. The molecule has 1 saturated heterocycles. The Morgan fingerprint density at radius 1 is 1.16 bits per heavy atom. The molecule has 0 atom stereocenters. The van der Waals surface area contributed by atoms with Gasteiger partial charge in [0.2, 0.25) is 5.95 Å². The minimum absolute atomic E-state index is 0.418. The zero-order valence-corrected chi connectivity index (χ0v) is 14.5. The van der Waals surface area contributed by atoms with Gasteiger partial charge in [-0.3, -0.25) is 0 Å². The van der Waals surface area contributed by atoms with Crippen molar-refractivity contribution in [2.24, 2.45) is 0 Å². The second kappa shape index (κ2) is 6.73. The van der Waals surface area contributed by atoms with Gasteiger partial charge in [0.25, 0.3) is 0 Å². The number of aryl methyl sites for hydroxylation is 1. The first-order valence-electron chi connectivity index (χ1n) is 8.02. The van der Waals surface area contributed by atoms with E-state index in [1.54, 1.807) is 18.7 Å². The van der Waals surface area contributed by atoms with Crippen molar-refractivity contribution in [3.63, 3.8) is 0 Å². The molecule has 1 fully saturated rings. The first kappa shape index (κ1) is 15.9. The number of ether oxygens (including phenoxy) is 1. The average molecular weight is 355 g/mol. The van der Waals surface area contributed by atoms with E-state index in [2.05, 4.69) is 19.9 Å². The summed E-state index contributed by atoms with van der Waals surface area (Å²) in [6.07, 6.45) is 5.16. The third kappa shape index (κ3) is 3.18. The molecule has 0 bridgehead atoms. The molecule has 1 aliphatic heterocycles. The Hall–Kier alpha value is -2.58. The Balaban J connectivity index is 1.80. The number of aromatic amines is 1. The van der Waals surface area contributed by atoms with Crippen LogP contribution in [0.15, 0.2) is 35.2 Å². The average Bonchev–Trinajstić information content (AvgIpc) is 3.08. The third-order valence-electron chi connectivity index (χ3n) is 4.15. The summed E-state index contributed by atoms with van der Waals surface area (Å²) in [4.78, 5) is 18.7. The quantitative estimate of drug-likeness (QED) is 0.723. The normalized spacial score (nSPS) is 14.7. The maximum absolute atomic E-state index is 5.44. The number of furan rings is 1. The molecule has 0 aliphatic carbocycles. The monoisotopic (exact) mass is 355 g/mol. The molecule has 0 spiro atoms. The van der Waals surface area contributed by atoms with Crippen LogP contribution in [0, 0.1) is 11.7 Å². The molecular weight excluding hydrogens is 338 g/mol. The minimum atomic E-state index is 0.418. The van der Waals surface area contributed by atoms with Crippen molar-refractivity contribution in [2.45, 2.75) is 6.92 Å². The molecule has 0 saturated carbocycles. The van der Waals surface area contributed by atoms with Crippen molar-refractivity contribution < 1.29 is 9.15 Å². The van der Waals surface area contributed by atoms with Crippen LogP contribution in [-0.2, 0) is 4.74 Å². The van der Waals surface area contributed by atoms with Gasteiger partial charge < -0.3 is 19.0 Å². The Labute approximate surface area is 149 Å². The molecule has 1 aliphatic rings. The van der Waals surface area contributed by atoms with Crippen molar-refractivity contribution in [3.05, 3.63) is 41.3 Å². The van der Waals surface area contributed by atoms with Crippen LogP contribution in [0.5, 0.6) is 0 Å². The lowest BCUT2D eigenvalue weighted by atomic mass is 10.1. The van der Waals surface area contributed by atoms with Crippen LogP contribution in [0.2, 0.25) is 0 Å². The number of rotatable bonds is 3. The summed E-state index contributed by atoms with van der Waals surface area (Å²) in [6, 6.07) is 3.78. The highest BCUT2D eigenvalue weighted by molar-refractivity contribution is 7.71. The van der Waals surface area contributed by atoms with Crippen LogP contribution in [0.4, 0.5) is 5.95 Å². The predicted octanol–water partition coefficient (Wildman–Crippen LogP) is 3.00. The van der Waals surface area contributed by atoms with E-state index < -0.39 is 0 Å². The van der Waals surface area contributed by atoms with Crippen LogP contribution in [-0.4, -0.2) is 46.2 Å². The molecule has 3 aromatic heterocycles. The highest BCUT2D eigenvalue weighted by Crippen LogP contribution is 2.31. The zero-order valence-electron chi connectivity index (χ0n) is 13.7. The van der Waals surface area contributed by atoms with E-state index in [4.69, 9.17) is 26.4 Å². The summed E-state index contributed by atoms with van der Waals surface area (Å²) in [5, 5.41) is 0. The SMILES string of the molecule is Cc1occc1-c1[nH]c(=S)ncc1-c1ccnc(N2CCOCC2)n1. The summed E-state index contributed by atoms with van der Waals surface area (Å²) in [5.41, 5.74) is 3.42. The standard InChI is InChI=1S/C17H17N5O2S/c1-11-12(3-7-24-11)15-13(10-19-17(25)21-15)14-2-4-18-16(20-14)22-5-8-23-9-6-22/h2-4,7,10H,5-6,8-9H2,1H3,(H,19,21,25). The molecule has 3 aromatic rings. The smallest absolute Gasteiger partial charge is 0.226 e. The van der Waals surface area contributed by atoms with E-state index in [1.807, 2.05) is 19.1 Å². The Bertz CT molecular complexity index is 946. The Morgan fingerprint density at radius 2 is 2.00 bits per heavy atom. The number of hydrogen-bond acceptors (Lipinski definition) is 7. The third-order valence-corrected chi connectivity index (χ3v) is 4.36. The van der Waals surface area contributed by atoms with Gasteiger partial charge >= 0.3 is 0 Å². The van der Waals surface area contributed by atoms with E-state index in [0.717, 1.165) is 41.4 Å². The van der Waals surface area contributed by atoms with Gasteiger partial charge in [0.1, 0.15) is 5.76 Å². The number of nitrogens with one attached hydrogen (secondary N) is 1. The van der Waals surface area contributed by atoms with E-state index in [9.17, 15) is 0 Å². The fourth-order valence-corrected chi connectivity index (χ4v) is 3.01. The molecule has 4 heterocycles. The fraction of sp³-hybridized carbons (Fsp3) is 0.294. The minimum Gasteiger partial charge on any atom is -0.469 e. The summed E-state index contributed by atoms with van der Waals surface area (Å²) in [7, 11) is 0. The second-order valence-electron chi connectivity index (χ2n) is 5.71. The Kier molecular flexibility index (Phi) is 4.29. The molecule has 4 rings (SSSR count). The van der Waals surface area contributed by atoms with Crippen LogP contribution in [0.3, 0.4) is 0 Å². The largest absolute Gasteiger partial charge is 0.469 e. The fourth-order valence-electron chi connectivity index (χ4n) is 2.86. The van der Waals surface area contributed by atoms with Gasteiger partial charge in [0.05, 0.1) is 30.9 Å². The van der Waals surface area contributed by atoms with Crippen molar-refractivity contribution in [3.8, 4) is 22.5 Å². The molecule has 0 aromatic carbocycles. The summed E-state index contributed by atoms with van der Waals surface area (Å²) >= 11 is 5.20. The molecule has 7 nitrogen and oxygen atoms in total. The molecule has 1 N–H and O–H groups in total. The van der Waals surface area contributed by atoms with E-state index in [-0.39, 0.29) is 0 Å². The molecule has 0 unspecified atom stereocenters. The Morgan fingerprint density at radius 3 is 2.76 bits per heavy atom. The number of aromatic nitrogens is 4. The first-order valence-corrected chi connectivity index (χ1v) is 8.43.